The number of aromatic nitrogens is 4. The van der Waals surface area contributed by atoms with E-state index in [-0.39, 0.29) is 50.7 Å². The van der Waals surface area contributed by atoms with Crippen molar-refractivity contribution in [2.75, 3.05) is 0 Å². The maximum atomic E-state index is 9.49. The molecule has 0 aliphatic heterocycles. The van der Waals surface area contributed by atoms with Gasteiger partial charge in [-0.1, -0.05) is 127 Å². The molecule has 11 aromatic rings. The molecule has 0 unspecified atom stereocenters. The zero-order valence-corrected chi connectivity index (χ0v) is 27.9. The summed E-state index contributed by atoms with van der Waals surface area (Å²) in [5.74, 6) is 1.52. The molecule has 0 fully saturated rings. The first-order chi connectivity index (χ1) is 29.9. The minimum Gasteiger partial charge on any atom is -0.309 e. The summed E-state index contributed by atoms with van der Waals surface area (Å²) in [6, 6.07) is 30.9. The molecule has 0 aliphatic rings. The van der Waals surface area contributed by atoms with Gasteiger partial charge in [-0.15, -0.1) is 11.3 Å². The Kier molecular flexibility index (Phi) is 4.58. The quantitative estimate of drug-likeness (QED) is 0.185. The average Bonchev–Trinajstić information content (AvgIpc) is 3.87. The Morgan fingerprint density at radius 1 is 0.481 bits per heavy atom. The van der Waals surface area contributed by atoms with Crippen molar-refractivity contribution in [2.24, 2.45) is 0 Å². The molecule has 0 N–H and O–H groups in total. The fourth-order valence-corrected chi connectivity index (χ4v) is 8.21. The number of fused-ring (bicyclic) bond motifs is 8. The van der Waals surface area contributed by atoms with Crippen molar-refractivity contribution in [2.45, 2.75) is 0 Å². The van der Waals surface area contributed by atoms with Gasteiger partial charge in [0.25, 0.3) is 0 Å². The summed E-state index contributed by atoms with van der Waals surface area (Å²) >= 11 is 1.51. The van der Waals surface area contributed by atoms with Crippen LogP contribution in [0.5, 0.6) is 0 Å². The highest BCUT2D eigenvalue weighted by Gasteiger charge is 2.19. The molecule has 5 heteroatoms. The Hall–Kier alpha value is -6.69. The number of benzene rings is 8. The van der Waals surface area contributed by atoms with Crippen molar-refractivity contribution < 1.29 is 13.7 Å². The van der Waals surface area contributed by atoms with E-state index in [4.69, 9.17) is 25.9 Å². The van der Waals surface area contributed by atoms with Crippen LogP contribution in [-0.2, 0) is 0 Å². The smallest absolute Gasteiger partial charge is 0.164 e. The molecule has 0 spiro atoms. The van der Waals surface area contributed by atoms with Crippen LogP contribution in [0.15, 0.2) is 170 Å². The molecule has 0 amide bonds. The molecular formula is C47H28N4S. The number of hydrogen-bond donors (Lipinski definition) is 0. The van der Waals surface area contributed by atoms with Gasteiger partial charge in [0.1, 0.15) is 0 Å². The predicted molar refractivity (Wildman–Crippen MR) is 218 cm³/mol. The van der Waals surface area contributed by atoms with Gasteiger partial charge in [0, 0.05) is 53.3 Å². The van der Waals surface area contributed by atoms with Crippen molar-refractivity contribution in [3.05, 3.63) is 170 Å². The SMILES string of the molecule is [2H]c1c([2H])c([2H])c2c([2H])c3c(c([2H])c2c1[2H])c1c([2H])c([2H])c([2H])c([2H])c1n3-c1ccc2c(c1)sc1cccc(-c3nc(-c4ccccc4)nc(-c4ccc5ccccc5c4)n3)c12. The standard InChI is InChI=1S/C47H28N4S/c1-2-12-30(13-3-1)45-48-46(34-22-21-29-11-4-5-14-31(29)25-34)50-47(49-45)38-18-10-20-42-44(38)37-24-23-35(28-43(37)52-42)51-40-19-9-8-17-36(40)39-26-32-15-6-7-16-33(32)27-41(39)51/h1-28H/i6D,7D,8D,9D,15D,16D,17D,19D,26D,27D. The molecule has 3 heterocycles. The van der Waals surface area contributed by atoms with Gasteiger partial charge in [0.05, 0.1) is 24.7 Å². The fraction of sp³-hybridized carbons (Fsp3) is 0. The Morgan fingerprint density at radius 3 is 2.12 bits per heavy atom. The number of hydrogen-bond acceptors (Lipinski definition) is 4. The van der Waals surface area contributed by atoms with E-state index in [0.717, 1.165) is 47.6 Å². The molecule has 242 valence electrons. The Balaban J connectivity index is 1.18. The van der Waals surface area contributed by atoms with Crippen LogP contribution in [0, 0.1) is 0 Å². The molecule has 3 aromatic heterocycles. The zero-order chi connectivity index (χ0) is 42.9. The average molecular weight is 691 g/mol. The topological polar surface area (TPSA) is 43.6 Å². The second-order valence-electron chi connectivity index (χ2n) is 12.5. The lowest BCUT2D eigenvalue weighted by Gasteiger charge is -2.11. The maximum Gasteiger partial charge on any atom is 0.164 e. The number of para-hydroxylation sites is 1. The Bertz CT molecular complexity index is 3770. The highest BCUT2D eigenvalue weighted by Crippen LogP contribution is 2.42. The summed E-state index contributed by atoms with van der Waals surface area (Å²) in [6.07, 6.45) is 0. The first-order valence-electron chi connectivity index (χ1n) is 21.6. The molecule has 11 rings (SSSR count). The molecule has 0 aliphatic carbocycles. The first kappa shape index (κ1) is 20.9. The number of nitrogens with zero attached hydrogens (tertiary/aromatic N) is 4. The van der Waals surface area contributed by atoms with Crippen LogP contribution in [-0.4, -0.2) is 19.5 Å². The van der Waals surface area contributed by atoms with E-state index in [9.17, 15) is 2.74 Å². The molecule has 8 aromatic carbocycles. The number of rotatable bonds is 4. The summed E-state index contributed by atoms with van der Waals surface area (Å²) in [7, 11) is 0. The summed E-state index contributed by atoms with van der Waals surface area (Å²) < 4.78 is 91.6. The van der Waals surface area contributed by atoms with Crippen molar-refractivity contribution >= 4 is 74.9 Å². The van der Waals surface area contributed by atoms with E-state index >= 15 is 0 Å². The van der Waals surface area contributed by atoms with Crippen LogP contribution in [0.1, 0.15) is 13.7 Å². The van der Waals surface area contributed by atoms with E-state index in [2.05, 4.69) is 24.3 Å². The molecule has 4 nitrogen and oxygen atoms in total. The summed E-state index contributed by atoms with van der Waals surface area (Å²) in [4.78, 5) is 15.1. The van der Waals surface area contributed by atoms with Gasteiger partial charge >= 0.3 is 0 Å². The fourth-order valence-electron chi connectivity index (χ4n) is 7.05. The summed E-state index contributed by atoms with van der Waals surface area (Å²) in [6.45, 7) is 0. The normalized spacial score (nSPS) is 14.5. The minimum atomic E-state index is -0.562. The van der Waals surface area contributed by atoms with Gasteiger partial charge in [0.2, 0.25) is 0 Å². The van der Waals surface area contributed by atoms with Crippen molar-refractivity contribution in [1.29, 1.82) is 0 Å². The van der Waals surface area contributed by atoms with Crippen LogP contribution < -0.4 is 0 Å². The first-order valence-corrected chi connectivity index (χ1v) is 17.4. The van der Waals surface area contributed by atoms with Gasteiger partial charge in [-0.05, 0) is 63.9 Å². The highest BCUT2D eigenvalue weighted by molar-refractivity contribution is 7.26. The van der Waals surface area contributed by atoms with E-state index < -0.39 is 42.3 Å². The zero-order valence-electron chi connectivity index (χ0n) is 37.1. The second-order valence-corrected chi connectivity index (χ2v) is 13.6. The van der Waals surface area contributed by atoms with Crippen LogP contribution in [0.3, 0.4) is 0 Å². The summed E-state index contributed by atoms with van der Waals surface area (Å²) in [5.41, 5.74) is 2.96. The third-order valence-electron chi connectivity index (χ3n) is 9.44. The van der Waals surface area contributed by atoms with Crippen molar-refractivity contribution in [3.63, 3.8) is 0 Å². The summed E-state index contributed by atoms with van der Waals surface area (Å²) in [5, 5.41) is 3.55. The molecule has 0 bridgehead atoms. The highest BCUT2D eigenvalue weighted by atomic mass is 32.1. The monoisotopic (exact) mass is 690 g/mol. The number of thiophene rings is 1. The van der Waals surface area contributed by atoms with E-state index in [1.165, 1.54) is 15.9 Å². The largest absolute Gasteiger partial charge is 0.309 e. The minimum absolute atomic E-state index is 0.000437. The molecular weight excluding hydrogens is 653 g/mol. The Labute approximate surface area is 317 Å². The molecule has 0 atom stereocenters. The van der Waals surface area contributed by atoms with Crippen LogP contribution in [0.4, 0.5) is 0 Å². The van der Waals surface area contributed by atoms with Gasteiger partial charge in [-0.25, -0.2) is 15.0 Å². The molecule has 0 saturated heterocycles. The van der Waals surface area contributed by atoms with Gasteiger partial charge < -0.3 is 4.57 Å². The van der Waals surface area contributed by atoms with Gasteiger partial charge in [-0.2, -0.15) is 0 Å². The molecule has 52 heavy (non-hydrogen) atoms. The van der Waals surface area contributed by atoms with E-state index in [0.29, 0.717) is 23.2 Å². The lowest BCUT2D eigenvalue weighted by atomic mass is 10.0. The van der Waals surface area contributed by atoms with Crippen LogP contribution in [0.2, 0.25) is 0 Å². The second kappa shape index (κ2) is 11.4. The molecule has 0 saturated carbocycles. The molecule has 0 radical (unpaired) electrons. The Morgan fingerprint density at radius 2 is 1.23 bits per heavy atom. The van der Waals surface area contributed by atoms with E-state index in [1.807, 2.05) is 78.9 Å². The van der Waals surface area contributed by atoms with Crippen LogP contribution >= 0.6 is 11.3 Å². The van der Waals surface area contributed by atoms with Crippen molar-refractivity contribution in [3.8, 4) is 39.9 Å². The maximum absolute atomic E-state index is 9.49. The van der Waals surface area contributed by atoms with Gasteiger partial charge in [-0.3, -0.25) is 0 Å². The van der Waals surface area contributed by atoms with Crippen LogP contribution in [0.25, 0.3) is 103 Å². The van der Waals surface area contributed by atoms with E-state index in [1.54, 1.807) is 6.07 Å². The van der Waals surface area contributed by atoms with Crippen molar-refractivity contribution in [1.82, 2.24) is 19.5 Å². The lowest BCUT2D eigenvalue weighted by Crippen LogP contribution is -2.00. The third-order valence-corrected chi connectivity index (χ3v) is 10.6. The predicted octanol–water partition coefficient (Wildman–Crippen LogP) is 12.6. The lowest BCUT2D eigenvalue weighted by molar-refractivity contribution is 1.08. The third kappa shape index (κ3) is 4.57. The van der Waals surface area contributed by atoms with Gasteiger partial charge in [0.15, 0.2) is 17.5 Å².